The van der Waals surface area contributed by atoms with Crippen molar-refractivity contribution >= 4 is 15.9 Å². The van der Waals surface area contributed by atoms with Crippen molar-refractivity contribution in [3.63, 3.8) is 0 Å². The topological polar surface area (TPSA) is 26.0 Å². The van der Waals surface area contributed by atoms with Gasteiger partial charge in [-0.15, -0.1) is 0 Å². The van der Waals surface area contributed by atoms with Crippen molar-refractivity contribution in [3.05, 3.63) is 33.8 Å². The van der Waals surface area contributed by atoms with Gasteiger partial charge in [0.2, 0.25) is 0 Å². The Morgan fingerprint density at radius 3 is 2.67 bits per heavy atom. The fourth-order valence-electron chi connectivity index (χ4n) is 1.83. The van der Waals surface area contributed by atoms with Gasteiger partial charge in [-0.05, 0) is 55.8 Å². The van der Waals surface area contributed by atoms with Gasteiger partial charge in [-0.2, -0.15) is 0 Å². The molecule has 0 saturated carbocycles. The Hall–Kier alpha value is -0.340. The van der Waals surface area contributed by atoms with Crippen molar-refractivity contribution < 1.29 is 0 Å². The molecule has 2 N–H and O–H groups in total. The predicted octanol–water partition coefficient (Wildman–Crippen LogP) is 3.99. The molecule has 15 heavy (non-hydrogen) atoms. The molecule has 0 saturated heterocycles. The zero-order valence-electron chi connectivity index (χ0n) is 9.59. The van der Waals surface area contributed by atoms with Crippen molar-refractivity contribution in [2.45, 2.75) is 39.0 Å². The zero-order chi connectivity index (χ0) is 11.3. The Morgan fingerprint density at radius 1 is 1.40 bits per heavy atom. The average molecular weight is 270 g/mol. The van der Waals surface area contributed by atoms with Crippen LogP contribution in [0.3, 0.4) is 0 Å². The van der Waals surface area contributed by atoms with Crippen molar-refractivity contribution in [1.82, 2.24) is 0 Å². The lowest BCUT2D eigenvalue weighted by atomic mass is 9.91. The Morgan fingerprint density at radius 2 is 2.13 bits per heavy atom. The first-order valence-corrected chi connectivity index (χ1v) is 6.44. The highest BCUT2D eigenvalue weighted by Gasteiger charge is 2.09. The van der Waals surface area contributed by atoms with Crippen LogP contribution in [0.1, 0.15) is 43.2 Å². The number of benzene rings is 1. The van der Waals surface area contributed by atoms with Gasteiger partial charge in [0.25, 0.3) is 0 Å². The van der Waals surface area contributed by atoms with Crippen molar-refractivity contribution in [2.24, 2.45) is 5.73 Å². The molecule has 0 spiro atoms. The first-order chi connectivity index (χ1) is 7.19. The minimum Gasteiger partial charge on any atom is -0.330 e. The fraction of sp³-hybridized carbons (Fsp3) is 0.538. The molecule has 0 amide bonds. The molecule has 0 aliphatic heterocycles. The molecule has 0 aliphatic carbocycles. The highest BCUT2D eigenvalue weighted by Crippen LogP contribution is 2.28. The summed E-state index contributed by atoms with van der Waals surface area (Å²) in [6, 6.07) is 6.68. The van der Waals surface area contributed by atoms with E-state index in [1.54, 1.807) is 0 Å². The summed E-state index contributed by atoms with van der Waals surface area (Å²) in [5, 5.41) is 0. The van der Waals surface area contributed by atoms with E-state index in [1.807, 2.05) is 0 Å². The van der Waals surface area contributed by atoms with Gasteiger partial charge in [0, 0.05) is 4.47 Å². The lowest BCUT2D eigenvalue weighted by Gasteiger charge is -2.15. The molecule has 0 aliphatic rings. The number of hydrogen-bond donors (Lipinski definition) is 1. The Kier molecular flexibility index (Phi) is 5.34. The Balaban J connectivity index is 2.78. The molecule has 2 heteroatoms. The summed E-state index contributed by atoms with van der Waals surface area (Å²) >= 11 is 3.59. The maximum Gasteiger partial charge on any atom is 0.0207 e. The average Bonchev–Trinajstić information content (AvgIpc) is 2.24. The molecule has 1 aromatic carbocycles. The largest absolute Gasteiger partial charge is 0.330 e. The molecular formula is C13H20BrN. The van der Waals surface area contributed by atoms with E-state index in [4.69, 9.17) is 5.73 Å². The molecule has 1 aromatic rings. The molecule has 1 atom stereocenters. The summed E-state index contributed by atoms with van der Waals surface area (Å²) in [6.45, 7) is 5.16. The van der Waals surface area contributed by atoms with E-state index in [0.29, 0.717) is 5.92 Å². The van der Waals surface area contributed by atoms with E-state index < -0.39 is 0 Å². The van der Waals surface area contributed by atoms with Crippen LogP contribution in [0.5, 0.6) is 0 Å². The molecular weight excluding hydrogens is 250 g/mol. The van der Waals surface area contributed by atoms with Gasteiger partial charge >= 0.3 is 0 Å². The second-order valence-corrected chi connectivity index (χ2v) is 4.90. The van der Waals surface area contributed by atoms with E-state index in [2.05, 4.69) is 48.0 Å². The smallest absolute Gasteiger partial charge is 0.0207 e. The monoisotopic (exact) mass is 269 g/mol. The van der Waals surface area contributed by atoms with E-state index >= 15 is 0 Å². The lowest BCUT2D eigenvalue weighted by Crippen LogP contribution is -2.04. The van der Waals surface area contributed by atoms with Crippen LogP contribution in [-0.2, 0) is 0 Å². The number of nitrogens with two attached hydrogens (primary N) is 1. The van der Waals surface area contributed by atoms with Crippen LogP contribution in [0.25, 0.3) is 0 Å². The standard InChI is InChI=1S/C13H20BrN/c1-3-11(5-4-8-15)12-7-6-10(2)13(14)9-12/h6-7,9,11H,3-5,8,15H2,1-2H3. The van der Waals surface area contributed by atoms with Crippen LogP contribution in [0.15, 0.2) is 22.7 Å². The summed E-state index contributed by atoms with van der Waals surface area (Å²) < 4.78 is 1.21. The molecule has 84 valence electrons. The molecule has 0 aromatic heterocycles. The summed E-state index contributed by atoms with van der Waals surface area (Å²) in [5.41, 5.74) is 8.29. The minimum absolute atomic E-state index is 0.658. The second-order valence-electron chi connectivity index (χ2n) is 4.04. The van der Waals surface area contributed by atoms with Gasteiger partial charge in [-0.1, -0.05) is 35.0 Å². The SMILES string of the molecule is CCC(CCCN)c1ccc(C)c(Br)c1. The van der Waals surface area contributed by atoms with Gasteiger partial charge in [0.1, 0.15) is 0 Å². The number of hydrogen-bond acceptors (Lipinski definition) is 1. The number of aryl methyl sites for hydroxylation is 1. The maximum absolute atomic E-state index is 5.55. The Bertz CT molecular complexity index is 309. The van der Waals surface area contributed by atoms with E-state index in [1.165, 1.54) is 28.4 Å². The molecule has 1 nitrogen and oxygen atoms in total. The molecule has 1 rings (SSSR count). The Labute approximate surface area is 101 Å². The number of rotatable bonds is 5. The number of halogens is 1. The van der Waals surface area contributed by atoms with Gasteiger partial charge in [0.05, 0.1) is 0 Å². The van der Waals surface area contributed by atoms with Crippen LogP contribution in [0.2, 0.25) is 0 Å². The summed E-state index contributed by atoms with van der Waals surface area (Å²) in [5.74, 6) is 0.658. The lowest BCUT2D eigenvalue weighted by molar-refractivity contribution is 0.581. The summed E-state index contributed by atoms with van der Waals surface area (Å²) in [4.78, 5) is 0. The quantitative estimate of drug-likeness (QED) is 0.860. The molecule has 0 bridgehead atoms. The molecule has 0 fully saturated rings. The molecule has 0 radical (unpaired) electrons. The highest BCUT2D eigenvalue weighted by molar-refractivity contribution is 9.10. The predicted molar refractivity (Wildman–Crippen MR) is 70.2 cm³/mol. The van der Waals surface area contributed by atoms with Gasteiger partial charge < -0.3 is 5.73 Å². The first kappa shape index (κ1) is 12.7. The maximum atomic E-state index is 5.55. The highest BCUT2D eigenvalue weighted by atomic mass is 79.9. The van der Waals surface area contributed by atoms with Gasteiger partial charge in [-0.3, -0.25) is 0 Å². The second kappa shape index (κ2) is 6.29. The zero-order valence-corrected chi connectivity index (χ0v) is 11.2. The molecule has 1 unspecified atom stereocenters. The van der Waals surface area contributed by atoms with Crippen molar-refractivity contribution in [1.29, 1.82) is 0 Å². The summed E-state index contributed by atoms with van der Waals surface area (Å²) in [6.07, 6.45) is 3.50. The van der Waals surface area contributed by atoms with Crippen molar-refractivity contribution in [2.75, 3.05) is 6.54 Å². The normalized spacial score (nSPS) is 12.8. The first-order valence-electron chi connectivity index (χ1n) is 5.65. The van der Waals surface area contributed by atoms with E-state index in [9.17, 15) is 0 Å². The third-order valence-electron chi connectivity index (χ3n) is 2.92. The van der Waals surface area contributed by atoms with Gasteiger partial charge in [0.15, 0.2) is 0 Å². The van der Waals surface area contributed by atoms with Crippen LogP contribution >= 0.6 is 15.9 Å². The third kappa shape index (κ3) is 3.62. The molecule has 0 heterocycles. The van der Waals surface area contributed by atoms with Crippen LogP contribution in [0.4, 0.5) is 0 Å². The van der Waals surface area contributed by atoms with Gasteiger partial charge in [-0.25, -0.2) is 0 Å². The minimum atomic E-state index is 0.658. The van der Waals surface area contributed by atoms with E-state index in [-0.39, 0.29) is 0 Å². The fourth-order valence-corrected chi connectivity index (χ4v) is 2.23. The van der Waals surface area contributed by atoms with Crippen LogP contribution in [-0.4, -0.2) is 6.54 Å². The third-order valence-corrected chi connectivity index (χ3v) is 3.77. The van der Waals surface area contributed by atoms with E-state index in [0.717, 1.165) is 13.0 Å². The van der Waals surface area contributed by atoms with Crippen molar-refractivity contribution in [3.8, 4) is 0 Å². The van der Waals surface area contributed by atoms with Crippen LogP contribution < -0.4 is 5.73 Å². The van der Waals surface area contributed by atoms with Crippen LogP contribution in [0, 0.1) is 6.92 Å². The summed E-state index contributed by atoms with van der Waals surface area (Å²) in [7, 11) is 0.